The summed E-state index contributed by atoms with van der Waals surface area (Å²) in [6, 6.07) is -3.98. The zero-order valence-electron chi connectivity index (χ0n) is 56.2. The lowest BCUT2D eigenvalue weighted by Crippen LogP contribution is -2.72. The van der Waals surface area contributed by atoms with Crippen molar-refractivity contribution in [3.05, 3.63) is 35.3 Å². The predicted octanol–water partition coefficient (Wildman–Crippen LogP) is -4.87. The fraction of sp³-hybridized carbons (Fsp3) is 0.783. The van der Waals surface area contributed by atoms with Gasteiger partial charge in [0, 0.05) is 26.7 Å². The number of carbonyl (C=O) groups excluding carboxylic acids is 6. The van der Waals surface area contributed by atoms with Crippen molar-refractivity contribution in [2.45, 2.75) is 266 Å². The average molecular weight is 1460 g/mol. The van der Waals surface area contributed by atoms with Gasteiger partial charge < -0.3 is 146 Å². The van der Waals surface area contributed by atoms with E-state index in [0.717, 1.165) is 64.0 Å². The van der Waals surface area contributed by atoms with E-state index < -0.39 is 240 Å². The molecule has 0 bridgehead atoms. The lowest BCUT2D eigenvalue weighted by Gasteiger charge is -2.52. The molecule has 1 unspecified atom stereocenters. The van der Waals surface area contributed by atoms with Gasteiger partial charge in [-0.15, -0.1) is 6.58 Å². The predicted molar refractivity (Wildman–Crippen MR) is 331 cm³/mol. The Bertz CT molecular complexity index is 2980. The van der Waals surface area contributed by atoms with Gasteiger partial charge >= 0.3 is 19.9 Å². The van der Waals surface area contributed by atoms with Crippen LogP contribution in [0, 0.1) is 5.41 Å². The van der Waals surface area contributed by atoms with Crippen LogP contribution in [0.4, 0.5) is 4.79 Å². The number of primary amides is 2. The zero-order valence-corrected chi connectivity index (χ0v) is 57.1. The highest BCUT2D eigenvalue weighted by atomic mass is 31.2. The topological polar surface area (TPSA) is 608 Å². The van der Waals surface area contributed by atoms with Gasteiger partial charge in [-0.2, -0.15) is 0 Å². The summed E-state index contributed by atoms with van der Waals surface area (Å²) in [6.45, 7) is 12.4. The number of aliphatic hydroxyl groups excluding tert-OH is 10. The molecule has 0 aromatic carbocycles. The van der Waals surface area contributed by atoms with E-state index in [-0.39, 0.29) is 24.9 Å². The van der Waals surface area contributed by atoms with Crippen molar-refractivity contribution in [3.8, 4) is 0 Å². The third kappa shape index (κ3) is 21.6. The number of aliphatic hydroxyl groups is 11. The maximum Gasteiger partial charge on any atom is 0.474 e. The molecule has 5 heterocycles. The molecule has 0 saturated carbocycles. The minimum Gasteiger partial charge on any atom is -0.510 e. The van der Waals surface area contributed by atoms with Crippen molar-refractivity contribution in [3.63, 3.8) is 0 Å². The van der Waals surface area contributed by atoms with Crippen LogP contribution in [-0.2, 0) is 94.5 Å². The minimum atomic E-state index is -5.82. The van der Waals surface area contributed by atoms with Gasteiger partial charge in [-0.3, -0.25) is 33.0 Å². The Morgan fingerprint density at radius 2 is 1.32 bits per heavy atom. The number of carboxylic acid groups (broad SMARTS) is 1. The number of amides is 5. The van der Waals surface area contributed by atoms with Gasteiger partial charge in [-0.05, 0) is 65.2 Å². The second kappa shape index (κ2) is 35.9. The van der Waals surface area contributed by atoms with Crippen LogP contribution >= 0.6 is 7.82 Å². The van der Waals surface area contributed by atoms with Crippen molar-refractivity contribution in [2.75, 3.05) is 26.4 Å². The number of nitrogens with two attached hydrogens (primary N) is 2. The summed E-state index contributed by atoms with van der Waals surface area (Å²) in [6.07, 6.45) is -44.3. The molecule has 1 aliphatic carbocycles. The number of aliphatic carboxylic acids is 1. The minimum absolute atomic E-state index is 0.0835. The van der Waals surface area contributed by atoms with E-state index in [1.807, 2.05) is 6.92 Å². The number of nitrogens with one attached hydrogen (secondary N) is 3. The molecule has 20 N–H and O–H groups in total. The van der Waals surface area contributed by atoms with Crippen LogP contribution < -0.4 is 27.4 Å². The quantitative estimate of drug-likeness (QED) is 0.0166. The molecule has 100 heavy (non-hydrogen) atoms. The molecule has 6 rings (SSSR count). The molecule has 0 aromatic rings. The Labute approximate surface area is 573 Å². The molecule has 5 aliphatic heterocycles. The van der Waals surface area contributed by atoms with Crippen molar-refractivity contribution < 1.29 is 165 Å². The molecule has 5 amide bonds. The van der Waals surface area contributed by atoms with Crippen LogP contribution in [0.2, 0.25) is 0 Å². The maximum absolute atomic E-state index is 14.0. The smallest absolute Gasteiger partial charge is 0.474 e. The number of carboxylic acids is 1. The summed E-state index contributed by atoms with van der Waals surface area (Å²) in [7, 11) is -5.82. The first-order chi connectivity index (χ1) is 46.6. The van der Waals surface area contributed by atoms with Crippen LogP contribution in [0.1, 0.15) is 107 Å². The van der Waals surface area contributed by atoms with Crippen LogP contribution in [0.3, 0.4) is 0 Å². The molecular weight excluding hydrogens is 1370 g/mol. The molecular formula is C60H96N5O34P. The zero-order chi connectivity index (χ0) is 74.8. The molecule has 570 valence electrons. The molecule has 5 fully saturated rings. The molecule has 6 aliphatic rings. The van der Waals surface area contributed by atoms with Gasteiger partial charge in [0.2, 0.25) is 17.7 Å². The fourth-order valence-corrected chi connectivity index (χ4v) is 12.7. The summed E-state index contributed by atoms with van der Waals surface area (Å²) in [4.78, 5) is 101. The number of phosphoric acid groups is 1. The SMILES string of the molecule is C=C(C)CCC(C)(C)CCCC/C(C)=C\CO[C@H](COP(=O)(O)O[C@H]1O[C@H](C(N)=O)[C@@](C)(O)[C@H](OC(N)=O)[C@H]1O[C@@H]1O[C@H](CO[C@@H]2O[C@@H](CO)[C@H](O)[C@@H](O)[C@@H]2O)[C@@H](O[C@@H]2O[C@H](C)[C@@H](O[C@@H]3O[C@H](C(=O)NC4=C(O)CCC4=O)[C@H](O)[C@H](O)[C@H]3O)[C@H](O)[C@H]2NC(C)=O)[C@H](O)[C@H]1NC(C)=O)C(=O)O. The highest BCUT2D eigenvalue weighted by Crippen LogP contribution is 2.49. The standard InChI is InChI=1S/C60H96N5O34P/c1-23(2)15-18-59(7,8)17-11-10-12-24(3)16-19-87-32(52(81)82)22-89-100(85,86)99-57-47(48(98-58(62)83)60(9,84)49(97-57)50(61)79)96-54-35(64-27(6)68)38(73)45(31(92-54)21-88-55-42(77)39(74)36(71)30(20-66)91-55)94-53-34(63-26(5)67)37(72)44(25(4)90-53)93-56-43(78)40(75)41(76)46(95-56)51(80)65-33-28(69)13-14-29(33)70/h16,25,30-32,34-49,53-57,66,69,71-78,84H,1,10-15,17-22H2,2-9H3,(H2,61,79)(H2,62,83)(H,63,67)(H,64,68)(H,65,80)(H,81,82)(H,85,86)/b24-16-/t25-,30+,31-,32-,34-,35-,36+,37-,38-,39-,40+,41-,42+,43-,44-,45-,46+,47-,48-,49-,53+,54+,55-,56-,57-,60+/m1/s1. The number of hydrogen-bond acceptors (Lipinski definition) is 32. The Balaban J connectivity index is 1.30. The van der Waals surface area contributed by atoms with Gasteiger partial charge in [0.05, 0.1) is 32.5 Å². The number of rotatable bonds is 33. The van der Waals surface area contributed by atoms with Crippen LogP contribution in [0.25, 0.3) is 0 Å². The van der Waals surface area contributed by atoms with Crippen molar-refractivity contribution in [1.29, 1.82) is 0 Å². The van der Waals surface area contributed by atoms with Gasteiger partial charge in [-0.1, -0.05) is 37.5 Å². The number of Topliss-reactive ketones (excluding diaryl/α,β-unsaturated/α-hetero) is 1. The monoisotopic (exact) mass is 1460 g/mol. The summed E-state index contributed by atoms with van der Waals surface area (Å²) in [5, 5.41) is 139. The second-order valence-corrected chi connectivity index (χ2v) is 27.8. The first-order valence-corrected chi connectivity index (χ1v) is 33.6. The first-order valence-electron chi connectivity index (χ1n) is 32.1. The molecule has 0 aromatic heterocycles. The lowest BCUT2D eigenvalue weighted by molar-refractivity contribution is -0.375. The third-order valence-corrected chi connectivity index (χ3v) is 18.5. The number of phosphoric ester groups is 1. The number of ether oxygens (including phenoxy) is 11. The van der Waals surface area contributed by atoms with E-state index in [4.69, 9.17) is 72.6 Å². The van der Waals surface area contributed by atoms with Gasteiger partial charge in [-0.25, -0.2) is 14.2 Å². The molecule has 0 spiro atoms. The molecule has 27 atom stereocenters. The van der Waals surface area contributed by atoms with Crippen molar-refractivity contribution >= 4 is 49.3 Å². The van der Waals surface area contributed by atoms with Crippen LogP contribution in [0.15, 0.2) is 35.3 Å². The molecule has 40 heteroatoms. The van der Waals surface area contributed by atoms with E-state index in [1.165, 1.54) is 6.92 Å². The van der Waals surface area contributed by atoms with E-state index in [2.05, 4.69) is 36.4 Å². The summed E-state index contributed by atoms with van der Waals surface area (Å²) in [5.41, 5.74) is 9.63. The van der Waals surface area contributed by atoms with Crippen molar-refractivity contribution in [2.24, 2.45) is 16.9 Å². The first kappa shape index (κ1) is 83.6. The summed E-state index contributed by atoms with van der Waals surface area (Å²) >= 11 is 0. The van der Waals surface area contributed by atoms with E-state index in [1.54, 1.807) is 13.0 Å². The average Bonchev–Trinajstić information content (AvgIpc) is 0.796. The number of hydrogen-bond donors (Lipinski definition) is 18. The van der Waals surface area contributed by atoms with Crippen LogP contribution in [0.5, 0.6) is 0 Å². The van der Waals surface area contributed by atoms with Gasteiger partial charge in [0.15, 0.2) is 67.8 Å². The second-order valence-electron chi connectivity index (χ2n) is 26.4. The molecule has 39 nitrogen and oxygen atoms in total. The normalized spacial score (nSPS) is 37.5. The van der Waals surface area contributed by atoms with Gasteiger partial charge in [0.25, 0.3) is 5.91 Å². The van der Waals surface area contributed by atoms with E-state index >= 15 is 0 Å². The lowest BCUT2D eigenvalue weighted by atomic mass is 9.81. The fourth-order valence-electron chi connectivity index (χ4n) is 11.9. The largest absolute Gasteiger partial charge is 0.510 e. The number of ketones is 1. The van der Waals surface area contributed by atoms with E-state index in [9.17, 15) is 104 Å². The van der Waals surface area contributed by atoms with Crippen LogP contribution in [-0.4, -0.2) is 293 Å². The van der Waals surface area contributed by atoms with E-state index in [0.29, 0.717) is 6.42 Å². The third-order valence-electron chi connectivity index (χ3n) is 17.6. The number of unbranched alkanes of at least 4 members (excludes halogenated alkanes) is 1. The number of allylic oxidation sites excluding steroid dienone is 4. The summed E-state index contributed by atoms with van der Waals surface area (Å²) < 4.78 is 88.6. The highest BCUT2D eigenvalue weighted by Gasteiger charge is 2.62. The Hall–Kier alpha value is -5.38. The highest BCUT2D eigenvalue weighted by molar-refractivity contribution is 7.47. The molecule has 0 radical (unpaired) electrons. The Kier molecular flexibility index (Phi) is 30.0. The maximum atomic E-state index is 14.0. The Morgan fingerprint density at radius 1 is 0.740 bits per heavy atom. The van der Waals surface area contributed by atoms with Crippen molar-refractivity contribution in [1.82, 2.24) is 16.0 Å². The van der Waals surface area contributed by atoms with Gasteiger partial charge in [0.1, 0.15) is 102 Å². The molecule has 5 saturated heterocycles. The number of carbonyl (C=O) groups is 7. The summed E-state index contributed by atoms with van der Waals surface area (Å²) in [5.74, 6) is -7.63. The Morgan fingerprint density at radius 3 is 1.89 bits per heavy atom.